The first-order valence-electron chi connectivity index (χ1n) is 8.11. The number of carbonyl (C=O) groups is 1. The molecule has 5 nitrogen and oxygen atoms in total. The Labute approximate surface area is 131 Å². The molecule has 1 aliphatic rings. The van der Waals surface area contributed by atoms with E-state index in [1.165, 1.54) is 32.1 Å². The average molecular weight is 304 g/mol. The fourth-order valence-electron chi connectivity index (χ4n) is 2.92. The Balaban J connectivity index is 2.06. The molecule has 5 heteroatoms. The molecule has 1 aromatic rings. The number of benzene rings is 1. The highest BCUT2D eigenvalue weighted by atomic mass is 16.5. The molecule has 0 spiro atoms. The molecule has 0 radical (unpaired) electrons. The summed E-state index contributed by atoms with van der Waals surface area (Å²) in [6.45, 7) is 2.19. The molecular weight excluding hydrogens is 280 g/mol. The minimum Gasteiger partial charge on any atom is -0.466 e. The van der Waals surface area contributed by atoms with E-state index in [9.17, 15) is 9.70 Å². The smallest absolute Gasteiger partial charge is 0.306 e. The SMILES string of the molecule is CCOC(=O)CCc1cc(N=O)ccc1NC1CCCCC1. The molecule has 0 unspecified atom stereocenters. The van der Waals surface area contributed by atoms with Crippen LogP contribution in [0.5, 0.6) is 0 Å². The van der Waals surface area contributed by atoms with Crippen LogP contribution in [0, 0.1) is 4.91 Å². The summed E-state index contributed by atoms with van der Waals surface area (Å²) in [5.74, 6) is -0.212. The molecule has 0 aromatic heterocycles. The maximum absolute atomic E-state index is 11.5. The lowest BCUT2D eigenvalue weighted by molar-refractivity contribution is -0.143. The van der Waals surface area contributed by atoms with Gasteiger partial charge >= 0.3 is 5.97 Å². The third-order valence-electron chi connectivity index (χ3n) is 4.06. The molecule has 0 aliphatic heterocycles. The van der Waals surface area contributed by atoms with Gasteiger partial charge in [0.2, 0.25) is 0 Å². The van der Waals surface area contributed by atoms with Gasteiger partial charge in [-0.15, -0.1) is 4.91 Å². The summed E-state index contributed by atoms with van der Waals surface area (Å²) in [5.41, 5.74) is 2.35. The molecule has 0 bridgehead atoms. The van der Waals surface area contributed by atoms with E-state index in [0.717, 1.165) is 11.3 Å². The lowest BCUT2D eigenvalue weighted by atomic mass is 9.94. The van der Waals surface area contributed by atoms with Crippen molar-refractivity contribution in [1.82, 2.24) is 0 Å². The van der Waals surface area contributed by atoms with E-state index in [0.29, 0.717) is 31.2 Å². The molecule has 1 N–H and O–H groups in total. The van der Waals surface area contributed by atoms with E-state index in [1.54, 1.807) is 19.1 Å². The van der Waals surface area contributed by atoms with E-state index in [1.807, 2.05) is 6.07 Å². The summed E-state index contributed by atoms with van der Waals surface area (Å²) < 4.78 is 4.97. The monoisotopic (exact) mass is 304 g/mol. The van der Waals surface area contributed by atoms with Crippen molar-refractivity contribution >= 4 is 17.3 Å². The number of hydrogen-bond donors (Lipinski definition) is 1. The molecule has 2 rings (SSSR count). The van der Waals surface area contributed by atoms with Gasteiger partial charge in [-0.05, 0) is 55.1 Å². The fourth-order valence-corrected chi connectivity index (χ4v) is 2.92. The number of nitrogens with zero attached hydrogens (tertiary/aromatic N) is 1. The maximum Gasteiger partial charge on any atom is 0.306 e. The average Bonchev–Trinajstić information content (AvgIpc) is 2.55. The molecule has 1 saturated carbocycles. The highest BCUT2D eigenvalue weighted by Gasteiger charge is 2.15. The van der Waals surface area contributed by atoms with E-state index in [4.69, 9.17) is 4.74 Å². The van der Waals surface area contributed by atoms with Crippen molar-refractivity contribution in [2.45, 2.75) is 57.9 Å². The van der Waals surface area contributed by atoms with E-state index in [-0.39, 0.29) is 5.97 Å². The second-order valence-electron chi connectivity index (χ2n) is 5.72. The van der Waals surface area contributed by atoms with Crippen molar-refractivity contribution in [3.05, 3.63) is 28.7 Å². The first kappa shape index (κ1) is 16.5. The van der Waals surface area contributed by atoms with Crippen molar-refractivity contribution in [3.63, 3.8) is 0 Å². The maximum atomic E-state index is 11.5. The van der Waals surface area contributed by atoms with Gasteiger partial charge < -0.3 is 10.1 Å². The van der Waals surface area contributed by atoms with Crippen molar-refractivity contribution < 1.29 is 9.53 Å². The molecule has 0 atom stereocenters. The van der Waals surface area contributed by atoms with Gasteiger partial charge in [0.15, 0.2) is 0 Å². The highest BCUT2D eigenvalue weighted by molar-refractivity contribution is 5.70. The molecule has 0 saturated heterocycles. The number of hydrogen-bond acceptors (Lipinski definition) is 5. The Kier molecular flexibility index (Phi) is 6.37. The molecule has 1 fully saturated rings. The van der Waals surface area contributed by atoms with Crippen LogP contribution in [0.15, 0.2) is 23.4 Å². The van der Waals surface area contributed by atoms with Gasteiger partial charge in [0, 0.05) is 18.2 Å². The summed E-state index contributed by atoms with van der Waals surface area (Å²) in [6.07, 6.45) is 7.03. The van der Waals surface area contributed by atoms with Gasteiger partial charge in [0.05, 0.1) is 6.61 Å². The molecule has 1 aliphatic carbocycles. The number of ether oxygens (including phenoxy) is 1. The van der Waals surface area contributed by atoms with Crippen LogP contribution in [-0.4, -0.2) is 18.6 Å². The van der Waals surface area contributed by atoms with Crippen LogP contribution in [0.4, 0.5) is 11.4 Å². The van der Waals surface area contributed by atoms with Gasteiger partial charge in [-0.25, -0.2) is 0 Å². The third kappa shape index (κ3) is 4.83. The topological polar surface area (TPSA) is 67.8 Å². The number of aryl methyl sites for hydroxylation is 1. The van der Waals surface area contributed by atoms with E-state index >= 15 is 0 Å². The number of carbonyl (C=O) groups excluding carboxylic acids is 1. The predicted octanol–water partition coefficient (Wildman–Crippen LogP) is 4.32. The largest absolute Gasteiger partial charge is 0.466 e. The normalized spacial score (nSPS) is 15.3. The van der Waals surface area contributed by atoms with Crippen LogP contribution >= 0.6 is 0 Å². The van der Waals surface area contributed by atoms with Gasteiger partial charge in [0.1, 0.15) is 5.69 Å². The number of nitroso groups, excluding NO2 is 1. The third-order valence-corrected chi connectivity index (χ3v) is 4.06. The summed E-state index contributed by atoms with van der Waals surface area (Å²) in [5, 5.41) is 6.55. The summed E-state index contributed by atoms with van der Waals surface area (Å²) >= 11 is 0. The Morgan fingerprint density at radius 2 is 2.09 bits per heavy atom. The number of anilines is 1. The molecule has 22 heavy (non-hydrogen) atoms. The summed E-state index contributed by atoms with van der Waals surface area (Å²) in [7, 11) is 0. The van der Waals surface area contributed by atoms with Crippen LogP contribution in [0.1, 0.15) is 51.0 Å². The van der Waals surface area contributed by atoms with E-state index in [2.05, 4.69) is 10.5 Å². The Morgan fingerprint density at radius 3 is 2.77 bits per heavy atom. The Hall–Kier alpha value is -1.91. The summed E-state index contributed by atoms with van der Waals surface area (Å²) in [6, 6.07) is 5.85. The fraction of sp³-hybridized carbons (Fsp3) is 0.588. The van der Waals surface area contributed by atoms with Gasteiger partial charge in [-0.3, -0.25) is 4.79 Å². The lowest BCUT2D eigenvalue weighted by Gasteiger charge is -2.25. The first-order valence-corrected chi connectivity index (χ1v) is 8.11. The second kappa shape index (κ2) is 8.51. The minimum absolute atomic E-state index is 0.212. The number of esters is 1. The first-order chi connectivity index (χ1) is 10.7. The molecule has 0 amide bonds. The van der Waals surface area contributed by atoms with Crippen LogP contribution in [-0.2, 0) is 16.0 Å². The van der Waals surface area contributed by atoms with Gasteiger partial charge in [-0.2, -0.15) is 0 Å². The zero-order valence-electron chi connectivity index (χ0n) is 13.1. The van der Waals surface area contributed by atoms with Gasteiger partial charge in [0.25, 0.3) is 0 Å². The van der Waals surface area contributed by atoms with E-state index < -0.39 is 0 Å². The van der Waals surface area contributed by atoms with Crippen LogP contribution in [0.3, 0.4) is 0 Å². The second-order valence-corrected chi connectivity index (χ2v) is 5.72. The summed E-state index contributed by atoms with van der Waals surface area (Å²) in [4.78, 5) is 22.3. The lowest BCUT2D eigenvalue weighted by Crippen LogP contribution is -2.23. The number of rotatable bonds is 7. The zero-order valence-corrected chi connectivity index (χ0v) is 13.1. The molecule has 1 aromatic carbocycles. The molecule has 0 heterocycles. The quantitative estimate of drug-likeness (QED) is 0.601. The zero-order chi connectivity index (χ0) is 15.8. The number of nitrogens with one attached hydrogen (secondary N) is 1. The predicted molar refractivity (Wildman–Crippen MR) is 87.3 cm³/mol. The standard InChI is InChI=1S/C17H24N2O3/c1-2-22-17(20)11-8-13-12-15(19-21)9-10-16(13)18-14-6-4-3-5-7-14/h9-10,12,14,18H,2-8,11H2,1H3. The van der Waals surface area contributed by atoms with Crippen molar-refractivity contribution in [3.8, 4) is 0 Å². The van der Waals surface area contributed by atoms with Crippen LogP contribution in [0.25, 0.3) is 0 Å². The van der Waals surface area contributed by atoms with Crippen molar-refractivity contribution in [2.24, 2.45) is 5.18 Å². The van der Waals surface area contributed by atoms with Gasteiger partial charge in [-0.1, -0.05) is 19.3 Å². The Bertz CT molecular complexity index is 511. The van der Waals surface area contributed by atoms with Crippen molar-refractivity contribution in [1.29, 1.82) is 0 Å². The Morgan fingerprint density at radius 1 is 1.32 bits per heavy atom. The minimum atomic E-state index is -0.212. The van der Waals surface area contributed by atoms with Crippen molar-refractivity contribution in [2.75, 3.05) is 11.9 Å². The van der Waals surface area contributed by atoms with Crippen LogP contribution in [0.2, 0.25) is 0 Å². The highest BCUT2D eigenvalue weighted by Crippen LogP contribution is 2.27. The van der Waals surface area contributed by atoms with Crippen LogP contribution < -0.4 is 5.32 Å². The molecule has 120 valence electrons. The molecular formula is C17H24N2O3.